The molecule has 0 unspecified atom stereocenters. The van der Waals surface area contributed by atoms with Crippen molar-refractivity contribution in [3.8, 4) is 0 Å². The number of fused-ring (bicyclic) bond motifs is 1. The van der Waals surface area contributed by atoms with E-state index in [1.165, 1.54) is 5.56 Å². The lowest BCUT2D eigenvalue weighted by Gasteiger charge is -2.17. The molecule has 3 aromatic rings. The van der Waals surface area contributed by atoms with Crippen molar-refractivity contribution < 1.29 is 14.4 Å². The van der Waals surface area contributed by atoms with E-state index in [2.05, 4.69) is 10.6 Å². The molecule has 0 radical (unpaired) electrons. The van der Waals surface area contributed by atoms with E-state index in [4.69, 9.17) is 11.6 Å². The van der Waals surface area contributed by atoms with Crippen LogP contribution in [0.5, 0.6) is 0 Å². The number of benzene rings is 3. The highest BCUT2D eigenvalue weighted by atomic mass is 35.5. The maximum absolute atomic E-state index is 12.9. The van der Waals surface area contributed by atoms with Crippen molar-refractivity contribution in [2.24, 2.45) is 0 Å². The minimum atomic E-state index is -0.201. The zero-order valence-electron chi connectivity index (χ0n) is 18.0. The van der Waals surface area contributed by atoms with E-state index in [1.54, 1.807) is 53.4 Å². The van der Waals surface area contributed by atoms with Crippen LogP contribution in [0.3, 0.4) is 0 Å². The Kier molecular flexibility index (Phi) is 7.05. The van der Waals surface area contributed by atoms with Gasteiger partial charge in [-0.05, 0) is 73.0 Å². The molecule has 0 saturated carbocycles. The quantitative estimate of drug-likeness (QED) is 0.501. The van der Waals surface area contributed by atoms with Crippen molar-refractivity contribution in [3.63, 3.8) is 0 Å². The fraction of sp³-hybridized carbons (Fsp3) is 0.192. The second-order valence-electron chi connectivity index (χ2n) is 7.83. The molecule has 3 aromatic carbocycles. The van der Waals surface area contributed by atoms with Crippen LogP contribution in [0, 0.1) is 0 Å². The van der Waals surface area contributed by atoms with Gasteiger partial charge in [0.2, 0.25) is 5.91 Å². The van der Waals surface area contributed by atoms with Crippen LogP contribution in [0.4, 0.5) is 11.4 Å². The van der Waals surface area contributed by atoms with Gasteiger partial charge >= 0.3 is 0 Å². The van der Waals surface area contributed by atoms with Crippen LogP contribution in [-0.2, 0) is 11.2 Å². The Hall–Kier alpha value is -3.64. The first kappa shape index (κ1) is 22.6. The summed E-state index contributed by atoms with van der Waals surface area (Å²) in [5, 5.41) is 6.19. The summed E-state index contributed by atoms with van der Waals surface area (Å²) in [6, 6.07) is 21.5. The maximum Gasteiger partial charge on any atom is 0.258 e. The van der Waals surface area contributed by atoms with E-state index in [0.717, 1.165) is 12.1 Å². The summed E-state index contributed by atoms with van der Waals surface area (Å²) in [7, 11) is 0. The second-order valence-corrected chi connectivity index (χ2v) is 8.26. The van der Waals surface area contributed by atoms with Gasteiger partial charge in [-0.3, -0.25) is 14.4 Å². The van der Waals surface area contributed by atoms with Gasteiger partial charge in [0.15, 0.2) is 0 Å². The van der Waals surface area contributed by atoms with E-state index >= 15 is 0 Å². The largest absolute Gasteiger partial charge is 0.352 e. The van der Waals surface area contributed by atoms with Crippen molar-refractivity contribution >= 4 is 40.7 Å². The Bertz CT molecular complexity index is 1160. The van der Waals surface area contributed by atoms with E-state index in [9.17, 15) is 14.4 Å². The predicted molar refractivity (Wildman–Crippen MR) is 130 cm³/mol. The van der Waals surface area contributed by atoms with Crippen molar-refractivity contribution in [1.82, 2.24) is 5.32 Å². The van der Waals surface area contributed by atoms with Gasteiger partial charge < -0.3 is 15.5 Å². The van der Waals surface area contributed by atoms with Crippen LogP contribution in [-0.4, -0.2) is 30.8 Å². The van der Waals surface area contributed by atoms with Gasteiger partial charge in [-0.25, -0.2) is 0 Å². The van der Waals surface area contributed by atoms with Crippen molar-refractivity contribution in [2.45, 2.75) is 19.3 Å². The molecule has 2 N–H and O–H groups in total. The zero-order valence-corrected chi connectivity index (χ0v) is 18.8. The summed E-state index contributed by atoms with van der Waals surface area (Å²) in [4.78, 5) is 39.0. The lowest BCUT2D eigenvalue weighted by atomic mass is 10.1. The minimum Gasteiger partial charge on any atom is -0.352 e. The van der Waals surface area contributed by atoms with Gasteiger partial charge in [0.25, 0.3) is 11.8 Å². The normalized spacial score (nSPS) is 12.2. The van der Waals surface area contributed by atoms with E-state index in [1.807, 2.05) is 24.3 Å². The fourth-order valence-electron chi connectivity index (χ4n) is 3.78. The summed E-state index contributed by atoms with van der Waals surface area (Å²) < 4.78 is 0. The molecule has 0 fully saturated rings. The molecule has 1 aliphatic heterocycles. The molecule has 0 saturated heterocycles. The van der Waals surface area contributed by atoms with Crippen LogP contribution in [0.1, 0.15) is 39.1 Å². The summed E-state index contributed by atoms with van der Waals surface area (Å²) in [6.45, 7) is 1.06. The highest BCUT2D eigenvalue weighted by molar-refractivity contribution is 6.30. The van der Waals surface area contributed by atoms with Gasteiger partial charge in [-0.1, -0.05) is 29.8 Å². The lowest BCUT2D eigenvalue weighted by molar-refractivity contribution is -0.116. The monoisotopic (exact) mass is 461 g/mol. The molecule has 0 bridgehead atoms. The average molecular weight is 462 g/mol. The molecule has 0 aromatic heterocycles. The van der Waals surface area contributed by atoms with E-state index in [0.29, 0.717) is 41.3 Å². The number of carbonyl (C=O) groups is 3. The number of halogens is 1. The van der Waals surface area contributed by atoms with Crippen LogP contribution >= 0.6 is 11.6 Å². The highest BCUT2D eigenvalue weighted by Gasteiger charge is 2.25. The number of rotatable bonds is 7. The Morgan fingerprint density at radius 3 is 2.33 bits per heavy atom. The molecule has 33 heavy (non-hydrogen) atoms. The standard InChI is InChI=1S/C26H24ClN3O3/c27-21-11-7-19(8-12-21)25(32)28-16-3-6-24(31)29-22-13-9-20(10-14-22)26(33)30-17-15-18-4-1-2-5-23(18)30/h1-2,4-5,7-14H,3,6,15-17H2,(H,28,32)(H,29,31). The van der Waals surface area contributed by atoms with Crippen molar-refractivity contribution in [3.05, 3.63) is 94.5 Å². The third-order valence-electron chi connectivity index (χ3n) is 5.52. The maximum atomic E-state index is 12.9. The molecule has 4 rings (SSSR count). The number of nitrogens with zero attached hydrogens (tertiary/aromatic N) is 1. The average Bonchev–Trinajstić information content (AvgIpc) is 3.26. The molecular weight excluding hydrogens is 438 g/mol. The van der Waals surface area contributed by atoms with E-state index in [-0.39, 0.29) is 24.1 Å². The highest BCUT2D eigenvalue weighted by Crippen LogP contribution is 2.29. The van der Waals surface area contributed by atoms with Crippen molar-refractivity contribution in [1.29, 1.82) is 0 Å². The number of anilines is 2. The molecule has 3 amide bonds. The molecule has 1 heterocycles. The van der Waals surface area contributed by atoms with Gasteiger partial charge in [0, 0.05) is 47.0 Å². The number of carbonyl (C=O) groups excluding carboxylic acids is 3. The molecule has 7 heteroatoms. The second kappa shape index (κ2) is 10.3. The van der Waals surface area contributed by atoms with Gasteiger partial charge in [-0.15, -0.1) is 0 Å². The van der Waals surface area contributed by atoms with Gasteiger partial charge in [0.1, 0.15) is 0 Å². The topological polar surface area (TPSA) is 78.5 Å². The molecule has 168 valence electrons. The third-order valence-corrected chi connectivity index (χ3v) is 5.77. The zero-order chi connectivity index (χ0) is 23.2. The predicted octanol–water partition coefficient (Wildman–Crippen LogP) is 4.69. The van der Waals surface area contributed by atoms with Crippen LogP contribution in [0.15, 0.2) is 72.8 Å². The third kappa shape index (κ3) is 5.59. The van der Waals surface area contributed by atoms with Crippen molar-refractivity contribution in [2.75, 3.05) is 23.3 Å². The summed E-state index contributed by atoms with van der Waals surface area (Å²) in [6.07, 6.45) is 1.64. The number of amides is 3. The SMILES string of the molecule is O=C(CCCNC(=O)c1ccc(Cl)cc1)Nc1ccc(C(=O)N2CCc3ccccc32)cc1. The summed E-state index contributed by atoms with van der Waals surface area (Å²) in [5.74, 6) is -0.398. The Morgan fingerprint density at radius 1 is 0.879 bits per heavy atom. The lowest BCUT2D eigenvalue weighted by Crippen LogP contribution is -2.28. The minimum absolute atomic E-state index is 0.0470. The molecule has 0 spiro atoms. The number of para-hydroxylation sites is 1. The molecule has 0 aliphatic carbocycles. The Balaban J connectivity index is 1.23. The summed E-state index contributed by atoms with van der Waals surface area (Å²) in [5.41, 5.74) is 3.87. The molecule has 0 atom stereocenters. The smallest absolute Gasteiger partial charge is 0.258 e. The number of hydrogen-bond donors (Lipinski definition) is 2. The molecule has 6 nitrogen and oxygen atoms in total. The molecule has 1 aliphatic rings. The fourth-order valence-corrected chi connectivity index (χ4v) is 3.90. The van der Waals surface area contributed by atoms with Crippen LogP contribution in [0.25, 0.3) is 0 Å². The molecular formula is C26H24ClN3O3. The first-order valence-electron chi connectivity index (χ1n) is 10.8. The van der Waals surface area contributed by atoms with Crippen LogP contribution in [0.2, 0.25) is 5.02 Å². The van der Waals surface area contributed by atoms with Gasteiger partial charge in [0.05, 0.1) is 0 Å². The van der Waals surface area contributed by atoms with E-state index < -0.39 is 0 Å². The first-order chi connectivity index (χ1) is 16.0. The number of nitrogens with one attached hydrogen (secondary N) is 2. The Morgan fingerprint density at radius 2 is 1.58 bits per heavy atom. The first-order valence-corrected chi connectivity index (χ1v) is 11.2. The number of hydrogen-bond acceptors (Lipinski definition) is 3. The Labute approximate surface area is 197 Å². The summed E-state index contributed by atoms with van der Waals surface area (Å²) >= 11 is 5.82. The van der Waals surface area contributed by atoms with Crippen LogP contribution < -0.4 is 15.5 Å². The van der Waals surface area contributed by atoms with Gasteiger partial charge in [-0.2, -0.15) is 0 Å².